The van der Waals surface area contributed by atoms with Gasteiger partial charge in [0.1, 0.15) is 11.4 Å². The Hall–Kier alpha value is -1.33. The molecule has 0 spiro atoms. The predicted octanol–water partition coefficient (Wildman–Crippen LogP) is 4.67. The van der Waals surface area contributed by atoms with E-state index < -0.39 is 11.7 Å². The van der Waals surface area contributed by atoms with Crippen molar-refractivity contribution >= 4 is 5.97 Å². The molecule has 162 valence electrons. The molecule has 1 unspecified atom stereocenters. The average molecular weight is 397 g/mol. The Morgan fingerprint density at radius 3 is 2.57 bits per heavy atom. The number of hydrogen-bond donors (Lipinski definition) is 2. The number of carbonyl (C=O) groups excluding carboxylic acids is 1. The molecule has 3 atom stereocenters. The molecule has 2 N–H and O–H groups in total. The molecule has 0 amide bonds. The lowest BCUT2D eigenvalue weighted by Crippen LogP contribution is -2.30. The van der Waals surface area contributed by atoms with Crippen LogP contribution in [0, 0.1) is 5.92 Å². The van der Waals surface area contributed by atoms with Crippen LogP contribution < -0.4 is 0 Å². The molecular formula is C23H40O5. The maximum absolute atomic E-state index is 11.1. The number of unbranched alkanes of at least 4 members (excludes halogenated alkanes) is 5. The van der Waals surface area contributed by atoms with Crippen molar-refractivity contribution in [2.75, 3.05) is 13.7 Å². The Morgan fingerprint density at radius 2 is 1.89 bits per heavy atom. The minimum Gasteiger partial charge on any atom is -0.495 e. The molecule has 5 heteroatoms. The largest absolute Gasteiger partial charge is 0.495 e. The summed E-state index contributed by atoms with van der Waals surface area (Å²) in [4.78, 5) is 11.1. The number of esters is 1. The first-order valence-corrected chi connectivity index (χ1v) is 10.9. The zero-order valence-electron chi connectivity index (χ0n) is 18.0. The first-order chi connectivity index (χ1) is 13.5. The van der Waals surface area contributed by atoms with Crippen LogP contribution in [0.25, 0.3) is 0 Å². The van der Waals surface area contributed by atoms with Gasteiger partial charge >= 0.3 is 5.97 Å². The van der Waals surface area contributed by atoms with Gasteiger partial charge < -0.3 is 19.7 Å². The fourth-order valence-electron chi connectivity index (χ4n) is 3.81. The molecule has 0 bridgehead atoms. The second-order valence-electron chi connectivity index (χ2n) is 7.79. The van der Waals surface area contributed by atoms with Gasteiger partial charge in [-0.15, -0.1) is 0 Å². The van der Waals surface area contributed by atoms with Gasteiger partial charge in [-0.3, -0.25) is 4.79 Å². The highest BCUT2D eigenvalue weighted by molar-refractivity contribution is 5.69. The summed E-state index contributed by atoms with van der Waals surface area (Å²) in [6.45, 7) is 4.63. The summed E-state index contributed by atoms with van der Waals surface area (Å²) in [5.74, 6) is 0.468. The van der Waals surface area contributed by atoms with E-state index in [2.05, 4.69) is 11.7 Å². The molecule has 0 heterocycles. The van der Waals surface area contributed by atoms with Crippen LogP contribution in [-0.2, 0) is 14.3 Å². The maximum Gasteiger partial charge on any atom is 0.305 e. The van der Waals surface area contributed by atoms with Crippen LogP contribution in [0.1, 0.15) is 84.5 Å². The smallest absolute Gasteiger partial charge is 0.305 e. The van der Waals surface area contributed by atoms with Crippen LogP contribution >= 0.6 is 0 Å². The summed E-state index contributed by atoms with van der Waals surface area (Å²) in [7, 11) is 1.40. The van der Waals surface area contributed by atoms with Crippen molar-refractivity contribution < 1.29 is 24.5 Å². The molecule has 5 nitrogen and oxygen atoms in total. The summed E-state index contributed by atoms with van der Waals surface area (Å²) in [6, 6.07) is 0. The fourth-order valence-corrected chi connectivity index (χ4v) is 3.81. The summed E-state index contributed by atoms with van der Waals surface area (Å²) in [6.07, 6.45) is 14.8. The number of rotatable bonds is 14. The molecule has 1 rings (SSSR count). The lowest BCUT2D eigenvalue weighted by molar-refractivity contribution is -0.140. The molecule has 0 aromatic carbocycles. The summed E-state index contributed by atoms with van der Waals surface area (Å²) in [5.41, 5.74) is -1.07. The zero-order chi connectivity index (χ0) is 20.8. The van der Waals surface area contributed by atoms with Gasteiger partial charge in [0, 0.05) is 12.8 Å². The van der Waals surface area contributed by atoms with Crippen LogP contribution in [0.2, 0.25) is 0 Å². The molecule has 1 aliphatic rings. The van der Waals surface area contributed by atoms with Gasteiger partial charge in [-0.1, -0.05) is 38.3 Å². The van der Waals surface area contributed by atoms with E-state index in [1.54, 1.807) is 0 Å². The van der Waals surface area contributed by atoms with E-state index in [9.17, 15) is 15.0 Å². The van der Waals surface area contributed by atoms with Gasteiger partial charge in [0.15, 0.2) is 0 Å². The summed E-state index contributed by atoms with van der Waals surface area (Å²) >= 11 is 0. The van der Waals surface area contributed by atoms with E-state index in [0.717, 1.165) is 32.1 Å². The Kier molecular flexibility index (Phi) is 12.2. The Bertz CT molecular complexity index is 499. The minimum atomic E-state index is -1.07. The van der Waals surface area contributed by atoms with E-state index in [1.165, 1.54) is 26.4 Å². The first-order valence-electron chi connectivity index (χ1n) is 10.9. The second kappa shape index (κ2) is 13.8. The van der Waals surface area contributed by atoms with Gasteiger partial charge in [0.2, 0.25) is 0 Å². The van der Waals surface area contributed by atoms with E-state index in [1.807, 2.05) is 25.2 Å². The molecule has 0 aliphatic heterocycles. The Balaban J connectivity index is 2.52. The molecule has 1 saturated carbocycles. The van der Waals surface area contributed by atoms with Crippen LogP contribution in [0.3, 0.4) is 0 Å². The van der Waals surface area contributed by atoms with Gasteiger partial charge in [0.05, 0.1) is 19.8 Å². The van der Waals surface area contributed by atoms with Gasteiger partial charge in [-0.25, -0.2) is 0 Å². The van der Waals surface area contributed by atoms with Crippen molar-refractivity contribution in [2.24, 2.45) is 5.92 Å². The summed E-state index contributed by atoms with van der Waals surface area (Å²) < 4.78 is 10.4. The zero-order valence-corrected chi connectivity index (χ0v) is 18.0. The fraction of sp³-hybridized carbons (Fsp3) is 0.783. The van der Waals surface area contributed by atoms with Crippen molar-refractivity contribution in [3.05, 3.63) is 24.0 Å². The van der Waals surface area contributed by atoms with Crippen LogP contribution in [-0.4, -0.2) is 41.6 Å². The number of carbonyl (C=O) groups is 1. The number of hydrogen-bond acceptors (Lipinski definition) is 5. The third kappa shape index (κ3) is 8.78. The highest BCUT2D eigenvalue weighted by Crippen LogP contribution is 2.42. The standard InChI is InChI=1S/C23H40O5/c1-4-6-7-8-12-15-21(28-5-2)23(26)17-19(20(24)18-23)14-11-9-10-13-16-22(25)27-3/h9,11,15,19-20,24,26H,4-8,10,12-14,16-18H2,1-3H3/b11-9-,21-15+/t19?,20-,23-/m0/s1. The maximum atomic E-state index is 11.1. The number of ether oxygens (including phenoxy) is 2. The van der Waals surface area contributed by atoms with Crippen LogP contribution in [0.5, 0.6) is 0 Å². The number of aliphatic hydroxyl groups excluding tert-OH is 1. The van der Waals surface area contributed by atoms with Crippen molar-refractivity contribution in [2.45, 2.75) is 96.2 Å². The SMILES string of the molecule is CCCCCC/C=C(/OCC)[C@]1(O)CC(C/C=C\CCCC(=O)OC)[C@@H](O)C1. The molecule has 1 fully saturated rings. The lowest BCUT2D eigenvalue weighted by atomic mass is 9.95. The van der Waals surface area contributed by atoms with Crippen molar-refractivity contribution in [3.8, 4) is 0 Å². The Morgan fingerprint density at radius 1 is 1.11 bits per heavy atom. The molecular weight excluding hydrogens is 356 g/mol. The number of allylic oxidation sites excluding steroid dienone is 3. The van der Waals surface area contributed by atoms with E-state index in [0.29, 0.717) is 31.6 Å². The van der Waals surface area contributed by atoms with E-state index >= 15 is 0 Å². The Labute approximate surface area is 170 Å². The topological polar surface area (TPSA) is 76.0 Å². The highest BCUT2D eigenvalue weighted by atomic mass is 16.5. The van der Waals surface area contributed by atoms with Gasteiger partial charge in [-0.05, 0) is 57.4 Å². The van der Waals surface area contributed by atoms with Crippen molar-refractivity contribution in [1.29, 1.82) is 0 Å². The number of methoxy groups -OCH3 is 1. The highest BCUT2D eigenvalue weighted by Gasteiger charge is 2.46. The monoisotopic (exact) mass is 396 g/mol. The molecule has 0 saturated heterocycles. The molecule has 0 radical (unpaired) electrons. The van der Waals surface area contributed by atoms with Crippen LogP contribution in [0.15, 0.2) is 24.0 Å². The number of aliphatic hydroxyl groups is 2. The van der Waals surface area contributed by atoms with Crippen molar-refractivity contribution in [3.63, 3.8) is 0 Å². The van der Waals surface area contributed by atoms with E-state index in [-0.39, 0.29) is 11.9 Å². The van der Waals surface area contributed by atoms with Crippen LogP contribution in [0.4, 0.5) is 0 Å². The first kappa shape index (κ1) is 24.7. The summed E-state index contributed by atoms with van der Waals surface area (Å²) in [5, 5.41) is 21.6. The molecule has 0 aromatic rings. The predicted molar refractivity (Wildman–Crippen MR) is 112 cm³/mol. The van der Waals surface area contributed by atoms with Gasteiger partial charge in [-0.2, -0.15) is 0 Å². The van der Waals surface area contributed by atoms with Gasteiger partial charge in [0.25, 0.3) is 0 Å². The molecule has 0 aromatic heterocycles. The lowest BCUT2D eigenvalue weighted by Gasteiger charge is -2.26. The third-order valence-corrected chi connectivity index (χ3v) is 5.42. The normalized spacial score (nSPS) is 25.4. The molecule has 28 heavy (non-hydrogen) atoms. The minimum absolute atomic E-state index is 0.0193. The average Bonchev–Trinajstić information content (AvgIpc) is 2.97. The molecule has 1 aliphatic carbocycles. The van der Waals surface area contributed by atoms with E-state index in [4.69, 9.17) is 4.74 Å². The van der Waals surface area contributed by atoms with Crippen molar-refractivity contribution in [1.82, 2.24) is 0 Å². The second-order valence-corrected chi connectivity index (χ2v) is 7.79. The third-order valence-electron chi connectivity index (χ3n) is 5.42. The quantitative estimate of drug-likeness (QED) is 0.193.